The van der Waals surface area contributed by atoms with Crippen LogP contribution in [0.15, 0.2) is 23.2 Å². The van der Waals surface area contributed by atoms with Gasteiger partial charge in [0.1, 0.15) is 11.4 Å². The molecule has 31 heavy (non-hydrogen) atoms. The van der Waals surface area contributed by atoms with Crippen LogP contribution in [0.2, 0.25) is 0 Å². The highest BCUT2D eigenvalue weighted by Gasteiger charge is 2.17. The molecule has 1 aliphatic rings. The maximum atomic E-state index is 11.7. The summed E-state index contributed by atoms with van der Waals surface area (Å²) < 4.78 is 16.8. The van der Waals surface area contributed by atoms with Crippen molar-refractivity contribution in [1.82, 2.24) is 16.0 Å². The van der Waals surface area contributed by atoms with E-state index >= 15 is 0 Å². The number of benzene rings is 1. The van der Waals surface area contributed by atoms with E-state index in [2.05, 4.69) is 46.1 Å². The fourth-order valence-corrected chi connectivity index (χ4v) is 3.06. The Morgan fingerprint density at radius 2 is 2.00 bits per heavy atom. The molecule has 8 heteroatoms. The second-order valence-corrected chi connectivity index (χ2v) is 8.79. The lowest BCUT2D eigenvalue weighted by Crippen LogP contribution is -2.39. The summed E-state index contributed by atoms with van der Waals surface area (Å²) in [5.41, 5.74) is 1.76. The fourth-order valence-electron chi connectivity index (χ4n) is 3.06. The van der Waals surface area contributed by atoms with E-state index < -0.39 is 11.7 Å². The second kappa shape index (κ2) is 12.4. The van der Waals surface area contributed by atoms with Gasteiger partial charge in [-0.05, 0) is 52.2 Å². The number of carbonyl (C=O) groups is 1. The Balaban J connectivity index is 1.73. The Labute approximate surface area is 186 Å². The monoisotopic (exact) mass is 434 g/mol. The van der Waals surface area contributed by atoms with Gasteiger partial charge in [-0.15, -0.1) is 0 Å². The smallest absolute Gasteiger partial charge is 0.407 e. The maximum absolute atomic E-state index is 11.7. The number of carbonyl (C=O) groups excluding carboxylic acids is 1. The van der Waals surface area contributed by atoms with E-state index in [-0.39, 0.29) is 0 Å². The Kier molecular flexibility index (Phi) is 9.91. The van der Waals surface area contributed by atoms with Gasteiger partial charge in [-0.25, -0.2) is 4.79 Å². The molecule has 2 rings (SSSR count). The molecule has 0 aliphatic carbocycles. The SMILES string of the molecule is CN=C(NCCCNC(=O)OC(C)(C)C)NCc1ccc(C)cc1OCC1CCOC1. The summed E-state index contributed by atoms with van der Waals surface area (Å²) in [5, 5.41) is 9.34. The van der Waals surface area contributed by atoms with Crippen molar-refractivity contribution < 1.29 is 19.0 Å². The zero-order valence-corrected chi connectivity index (χ0v) is 19.5. The van der Waals surface area contributed by atoms with Crippen molar-refractivity contribution in [3.05, 3.63) is 29.3 Å². The van der Waals surface area contributed by atoms with E-state index in [0.29, 0.717) is 38.1 Å². The van der Waals surface area contributed by atoms with Gasteiger partial charge >= 0.3 is 6.09 Å². The Bertz CT molecular complexity index is 725. The summed E-state index contributed by atoms with van der Waals surface area (Å²) in [4.78, 5) is 15.9. The molecule has 0 radical (unpaired) electrons. The van der Waals surface area contributed by atoms with Gasteiger partial charge in [-0.2, -0.15) is 0 Å². The zero-order valence-electron chi connectivity index (χ0n) is 19.5. The van der Waals surface area contributed by atoms with Crippen LogP contribution in [-0.4, -0.2) is 57.6 Å². The zero-order chi connectivity index (χ0) is 22.7. The molecular formula is C23H38N4O4. The topological polar surface area (TPSA) is 93.2 Å². The molecule has 0 aromatic heterocycles. The highest BCUT2D eigenvalue weighted by molar-refractivity contribution is 5.79. The molecule has 0 spiro atoms. The highest BCUT2D eigenvalue weighted by Crippen LogP contribution is 2.22. The molecule has 0 bridgehead atoms. The molecular weight excluding hydrogens is 396 g/mol. The van der Waals surface area contributed by atoms with Crippen LogP contribution >= 0.6 is 0 Å². The van der Waals surface area contributed by atoms with Crippen LogP contribution in [0.3, 0.4) is 0 Å². The van der Waals surface area contributed by atoms with Crippen LogP contribution < -0.4 is 20.7 Å². The van der Waals surface area contributed by atoms with Crippen LogP contribution in [0.25, 0.3) is 0 Å². The third kappa shape index (κ3) is 9.91. The quantitative estimate of drug-likeness (QED) is 0.314. The molecule has 1 amide bonds. The number of rotatable bonds is 9. The lowest BCUT2D eigenvalue weighted by molar-refractivity contribution is 0.0527. The largest absolute Gasteiger partial charge is 0.493 e. The number of hydrogen-bond donors (Lipinski definition) is 3. The number of nitrogens with one attached hydrogen (secondary N) is 3. The second-order valence-electron chi connectivity index (χ2n) is 8.79. The van der Waals surface area contributed by atoms with E-state index in [9.17, 15) is 4.79 Å². The molecule has 1 unspecified atom stereocenters. The lowest BCUT2D eigenvalue weighted by Gasteiger charge is -2.19. The van der Waals surface area contributed by atoms with Crippen molar-refractivity contribution in [2.45, 2.75) is 52.7 Å². The highest BCUT2D eigenvalue weighted by atomic mass is 16.6. The predicted molar refractivity (Wildman–Crippen MR) is 123 cm³/mol. The van der Waals surface area contributed by atoms with Crippen molar-refractivity contribution in [3.8, 4) is 5.75 Å². The van der Waals surface area contributed by atoms with Gasteiger partial charge < -0.3 is 30.2 Å². The van der Waals surface area contributed by atoms with Crippen molar-refractivity contribution in [3.63, 3.8) is 0 Å². The first-order chi connectivity index (χ1) is 14.8. The van der Waals surface area contributed by atoms with Crippen LogP contribution in [0, 0.1) is 12.8 Å². The molecule has 0 saturated carbocycles. The summed E-state index contributed by atoms with van der Waals surface area (Å²) >= 11 is 0. The third-order valence-electron chi connectivity index (χ3n) is 4.71. The van der Waals surface area contributed by atoms with E-state index in [1.165, 1.54) is 5.56 Å². The molecule has 1 fully saturated rings. The molecule has 174 valence electrons. The number of ether oxygens (including phenoxy) is 3. The number of amides is 1. The minimum absolute atomic E-state index is 0.397. The van der Waals surface area contributed by atoms with Gasteiger partial charge in [0, 0.05) is 44.8 Å². The van der Waals surface area contributed by atoms with Crippen LogP contribution in [0.4, 0.5) is 4.79 Å². The Hall–Kier alpha value is -2.48. The first-order valence-corrected chi connectivity index (χ1v) is 11.0. The summed E-state index contributed by atoms with van der Waals surface area (Å²) in [6.07, 6.45) is 1.41. The number of hydrogen-bond acceptors (Lipinski definition) is 5. The molecule has 1 aromatic rings. The van der Waals surface area contributed by atoms with E-state index in [0.717, 1.165) is 37.4 Å². The first-order valence-electron chi connectivity index (χ1n) is 11.0. The van der Waals surface area contributed by atoms with Gasteiger partial charge in [-0.3, -0.25) is 4.99 Å². The summed E-state index contributed by atoms with van der Waals surface area (Å²) in [7, 11) is 1.74. The van der Waals surface area contributed by atoms with Gasteiger partial charge in [0.15, 0.2) is 5.96 Å². The maximum Gasteiger partial charge on any atom is 0.407 e. The molecule has 8 nitrogen and oxygen atoms in total. The van der Waals surface area contributed by atoms with Gasteiger partial charge in [0.25, 0.3) is 0 Å². The number of guanidine groups is 1. The van der Waals surface area contributed by atoms with E-state index in [1.807, 2.05) is 20.8 Å². The molecule has 1 atom stereocenters. The standard InChI is InChI=1S/C23H38N4O4/c1-17-7-8-19(20(13-17)30-16-18-9-12-29-15-18)14-27-21(24-5)25-10-6-11-26-22(28)31-23(2,3)4/h7-8,13,18H,6,9-12,14-16H2,1-5H3,(H,26,28)(H2,24,25,27). The van der Waals surface area contributed by atoms with Crippen molar-refractivity contribution in [2.24, 2.45) is 10.9 Å². The lowest BCUT2D eigenvalue weighted by atomic mass is 10.1. The normalized spacial score (nSPS) is 16.7. The van der Waals surface area contributed by atoms with E-state index in [1.54, 1.807) is 7.05 Å². The summed E-state index contributed by atoms with van der Waals surface area (Å²) in [5.74, 6) is 2.06. The van der Waals surface area contributed by atoms with Crippen LogP contribution in [0.1, 0.15) is 44.7 Å². The summed E-state index contributed by atoms with van der Waals surface area (Å²) in [6, 6.07) is 6.24. The Morgan fingerprint density at radius 3 is 2.68 bits per heavy atom. The van der Waals surface area contributed by atoms with Crippen molar-refractivity contribution in [1.29, 1.82) is 0 Å². The predicted octanol–water partition coefficient (Wildman–Crippen LogP) is 2.99. The average Bonchev–Trinajstić information content (AvgIpc) is 3.21. The van der Waals surface area contributed by atoms with Gasteiger partial charge in [-0.1, -0.05) is 12.1 Å². The van der Waals surface area contributed by atoms with Crippen molar-refractivity contribution in [2.75, 3.05) is 40.0 Å². The molecule has 1 aromatic carbocycles. The van der Waals surface area contributed by atoms with E-state index in [4.69, 9.17) is 14.2 Å². The number of aliphatic imine (C=N–C) groups is 1. The van der Waals surface area contributed by atoms with Gasteiger partial charge in [0.05, 0.1) is 13.2 Å². The molecule has 1 heterocycles. The van der Waals surface area contributed by atoms with Crippen LogP contribution in [-0.2, 0) is 16.0 Å². The van der Waals surface area contributed by atoms with Crippen LogP contribution in [0.5, 0.6) is 5.75 Å². The fraction of sp³-hybridized carbons (Fsp3) is 0.652. The minimum atomic E-state index is -0.488. The molecule has 3 N–H and O–H groups in total. The Morgan fingerprint density at radius 1 is 1.23 bits per heavy atom. The number of aryl methyl sites for hydroxylation is 1. The molecule has 1 saturated heterocycles. The minimum Gasteiger partial charge on any atom is -0.493 e. The summed E-state index contributed by atoms with van der Waals surface area (Å²) in [6.45, 7) is 11.7. The van der Waals surface area contributed by atoms with Crippen molar-refractivity contribution >= 4 is 12.1 Å². The first kappa shape index (κ1) is 24.8. The number of nitrogens with zero attached hydrogens (tertiary/aromatic N) is 1. The molecule has 1 aliphatic heterocycles. The average molecular weight is 435 g/mol. The third-order valence-corrected chi connectivity index (χ3v) is 4.71. The number of alkyl carbamates (subject to hydrolysis) is 1. The van der Waals surface area contributed by atoms with Gasteiger partial charge in [0.2, 0.25) is 0 Å².